The van der Waals surface area contributed by atoms with Crippen LogP contribution in [0.15, 0.2) is 54.9 Å². The van der Waals surface area contributed by atoms with Crippen molar-refractivity contribution in [2.24, 2.45) is 0 Å². The molecule has 0 saturated carbocycles. The van der Waals surface area contributed by atoms with Gasteiger partial charge in [0.05, 0.1) is 5.60 Å². The molecule has 1 atom stereocenters. The fraction of sp³-hybridized carbons (Fsp3) is 0.500. The number of nitrogens with zero attached hydrogens (tertiary/aromatic N) is 4. The highest BCUT2D eigenvalue weighted by atomic mass is 16.5. The van der Waals surface area contributed by atoms with Crippen LogP contribution in [-0.4, -0.2) is 77.6 Å². The van der Waals surface area contributed by atoms with Gasteiger partial charge in [-0.05, 0) is 37.1 Å². The Hall–Kier alpha value is -2.28. The van der Waals surface area contributed by atoms with Gasteiger partial charge in [0.15, 0.2) is 0 Å². The van der Waals surface area contributed by atoms with E-state index in [2.05, 4.69) is 40.0 Å². The van der Waals surface area contributed by atoms with Crippen molar-refractivity contribution in [2.75, 3.05) is 40.3 Å². The van der Waals surface area contributed by atoms with Gasteiger partial charge in [-0.15, -0.1) is 0 Å². The van der Waals surface area contributed by atoms with Crippen LogP contribution < -0.4 is 0 Å². The SMILES string of the molecule is CN1C[C@@H](C(=O)N(C)Cc2ccccc2)OC2(CCN(Cc3cccnc3)CC2)C1. The number of rotatable bonds is 5. The van der Waals surface area contributed by atoms with Gasteiger partial charge in [-0.25, -0.2) is 0 Å². The van der Waals surface area contributed by atoms with Crippen LogP contribution in [0.2, 0.25) is 0 Å². The van der Waals surface area contributed by atoms with Gasteiger partial charge in [-0.3, -0.25) is 14.7 Å². The van der Waals surface area contributed by atoms with Crippen LogP contribution in [0.4, 0.5) is 0 Å². The third-order valence-corrected chi connectivity index (χ3v) is 6.24. The number of hydrogen-bond acceptors (Lipinski definition) is 5. The zero-order valence-corrected chi connectivity index (χ0v) is 18.0. The molecule has 0 bridgehead atoms. The summed E-state index contributed by atoms with van der Waals surface area (Å²) in [6.45, 7) is 5.02. The quantitative estimate of drug-likeness (QED) is 0.760. The number of amides is 1. The first-order valence-corrected chi connectivity index (χ1v) is 10.8. The predicted octanol–water partition coefficient (Wildman–Crippen LogP) is 2.41. The molecule has 30 heavy (non-hydrogen) atoms. The average molecular weight is 409 g/mol. The first kappa shape index (κ1) is 21.0. The van der Waals surface area contributed by atoms with Gasteiger partial charge in [0.25, 0.3) is 5.91 Å². The summed E-state index contributed by atoms with van der Waals surface area (Å²) in [6.07, 6.45) is 5.24. The smallest absolute Gasteiger partial charge is 0.253 e. The van der Waals surface area contributed by atoms with Crippen molar-refractivity contribution >= 4 is 5.91 Å². The molecule has 6 nitrogen and oxygen atoms in total. The molecule has 2 aromatic rings. The summed E-state index contributed by atoms with van der Waals surface area (Å²) in [7, 11) is 3.97. The van der Waals surface area contributed by atoms with Crippen LogP contribution >= 0.6 is 0 Å². The van der Waals surface area contributed by atoms with E-state index in [0.717, 1.165) is 44.6 Å². The Morgan fingerprint density at radius 3 is 2.60 bits per heavy atom. The Bertz CT molecular complexity index is 822. The maximum atomic E-state index is 13.1. The number of benzene rings is 1. The lowest BCUT2D eigenvalue weighted by molar-refractivity contribution is -0.188. The van der Waals surface area contributed by atoms with Crippen molar-refractivity contribution in [3.8, 4) is 0 Å². The second-order valence-corrected chi connectivity index (χ2v) is 8.80. The van der Waals surface area contributed by atoms with E-state index in [0.29, 0.717) is 13.1 Å². The molecule has 1 amide bonds. The molecule has 2 aliphatic heterocycles. The van der Waals surface area contributed by atoms with Gasteiger partial charge >= 0.3 is 0 Å². The van der Waals surface area contributed by atoms with E-state index < -0.39 is 6.10 Å². The number of ether oxygens (including phenoxy) is 1. The minimum absolute atomic E-state index is 0.0718. The number of aromatic nitrogens is 1. The molecule has 0 aliphatic carbocycles. The maximum absolute atomic E-state index is 13.1. The van der Waals surface area contributed by atoms with Gasteiger partial charge < -0.3 is 14.5 Å². The lowest BCUT2D eigenvalue weighted by Crippen LogP contribution is -2.61. The molecule has 0 unspecified atom stereocenters. The van der Waals surface area contributed by atoms with E-state index in [1.54, 1.807) is 4.90 Å². The summed E-state index contributed by atoms with van der Waals surface area (Å²) in [6, 6.07) is 14.2. The molecule has 0 radical (unpaired) electrons. The standard InChI is InChI=1S/C24H32N4O2/c1-26-18-22(23(29)27(2)16-20-7-4-3-5-8-20)30-24(19-26)10-13-28(14-11-24)17-21-9-6-12-25-15-21/h3-9,12,15,22H,10-11,13-14,16-19H2,1-2H3/t22-/m0/s1. The van der Waals surface area contributed by atoms with E-state index in [1.807, 2.05) is 43.7 Å². The molecule has 2 saturated heterocycles. The monoisotopic (exact) mass is 408 g/mol. The minimum Gasteiger partial charge on any atom is -0.359 e. The van der Waals surface area contributed by atoms with Gasteiger partial charge in [-0.1, -0.05) is 36.4 Å². The van der Waals surface area contributed by atoms with E-state index in [9.17, 15) is 4.79 Å². The number of piperidine rings is 1. The molecular weight excluding hydrogens is 376 g/mol. The topological polar surface area (TPSA) is 48.9 Å². The van der Waals surface area contributed by atoms with E-state index >= 15 is 0 Å². The highest BCUT2D eigenvalue weighted by molar-refractivity contribution is 5.81. The predicted molar refractivity (Wildman–Crippen MR) is 117 cm³/mol. The normalized spacial score (nSPS) is 22.1. The molecule has 3 heterocycles. The van der Waals surface area contributed by atoms with Crippen molar-refractivity contribution in [1.82, 2.24) is 19.7 Å². The number of pyridine rings is 1. The third kappa shape index (κ3) is 5.06. The average Bonchev–Trinajstić information content (AvgIpc) is 2.76. The van der Waals surface area contributed by atoms with Crippen LogP contribution in [0.3, 0.4) is 0 Å². The Balaban J connectivity index is 1.35. The summed E-state index contributed by atoms with van der Waals surface area (Å²) < 4.78 is 6.53. The molecule has 6 heteroatoms. The molecule has 4 rings (SSSR count). The molecule has 2 aliphatic rings. The molecule has 2 fully saturated rings. The van der Waals surface area contributed by atoms with Crippen LogP contribution in [0, 0.1) is 0 Å². The third-order valence-electron chi connectivity index (χ3n) is 6.24. The Morgan fingerprint density at radius 1 is 1.17 bits per heavy atom. The maximum Gasteiger partial charge on any atom is 0.253 e. The zero-order valence-electron chi connectivity index (χ0n) is 18.0. The summed E-state index contributed by atoms with van der Waals surface area (Å²) in [5.74, 6) is 0.0718. The van der Waals surface area contributed by atoms with Crippen molar-refractivity contribution in [3.05, 3.63) is 66.0 Å². The molecule has 1 aromatic carbocycles. The fourth-order valence-corrected chi connectivity index (χ4v) is 4.67. The number of carbonyl (C=O) groups excluding carboxylic acids is 1. The van der Waals surface area contributed by atoms with Crippen LogP contribution in [0.5, 0.6) is 0 Å². The van der Waals surface area contributed by atoms with Crippen molar-refractivity contribution in [2.45, 2.75) is 37.6 Å². The van der Waals surface area contributed by atoms with Crippen molar-refractivity contribution < 1.29 is 9.53 Å². The highest BCUT2D eigenvalue weighted by Crippen LogP contribution is 2.33. The second-order valence-electron chi connectivity index (χ2n) is 8.80. The number of carbonyl (C=O) groups is 1. The minimum atomic E-state index is -0.401. The van der Waals surface area contributed by atoms with Crippen molar-refractivity contribution in [3.63, 3.8) is 0 Å². The van der Waals surface area contributed by atoms with Crippen molar-refractivity contribution in [1.29, 1.82) is 0 Å². The van der Waals surface area contributed by atoms with Gasteiger partial charge in [0, 0.05) is 58.7 Å². The number of hydrogen-bond donors (Lipinski definition) is 0. The second kappa shape index (κ2) is 9.25. The summed E-state index contributed by atoms with van der Waals surface area (Å²) in [4.78, 5) is 23.9. The summed E-state index contributed by atoms with van der Waals surface area (Å²) in [5.41, 5.74) is 2.15. The lowest BCUT2D eigenvalue weighted by atomic mass is 9.88. The molecule has 1 aromatic heterocycles. The molecule has 1 spiro atoms. The van der Waals surface area contributed by atoms with E-state index in [-0.39, 0.29) is 11.5 Å². The van der Waals surface area contributed by atoms with Gasteiger partial charge in [0.2, 0.25) is 0 Å². The summed E-state index contributed by atoms with van der Waals surface area (Å²) in [5, 5.41) is 0. The fourth-order valence-electron chi connectivity index (χ4n) is 4.67. The Morgan fingerprint density at radius 2 is 1.90 bits per heavy atom. The van der Waals surface area contributed by atoms with Gasteiger partial charge in [0.1, 0.15) is 6.10 Å². The summed E-state index contributed by atoms with van der Waals surface area (Å²) >= 11 is 0. The van der Waals surface area contributed by atoms with Gasteiger partial charge in [-0.2, -0.15) is 0 Å². The number of morpholine rings is 1. The van der Waals surface area contributed by atoms with Crippen LogP contribution in [-0.2, 0) is 22.6 Å². The molecule has 160 valence electrons. The van der Waals surface area contributed by atoms with E-state index in [1.165, 1.54) is 5.56 Å². The zero-order chi connectivity index (χ0) is 21.0. The molecular formula is C24H32N4O2. The Kier molecular flexibility index (Phi) is 6.46. The highest BCUT2D eigenvalue weighted by Gasteiger charge is 2.44. The van der Waals surface area contributed by atoms with Crippen LogP contribution in [0.25, 0.3) is 0 Å². The number of likely N-dealkylation sites (N-methyl/N-ethyl adjacent to an activating group) is 2. The van der Waals surface area contributed by atoms with E-state index in [4.69, 9.17) is 4.74 Å². The van der Waals surface area contributed by atoms with Crippen LogP contribution in [0.1, 0.15) is 24.0 Å². The first-order valence-electron chi connectivity index (χ1n) is 10.8. The largest absolute Gasteiger partial charge is 0.359 e. The Labute approximate surface area is 179 Å². The molecule has 0 N–H and O–H groups in total. The lowest BCUT2D eigenvalue weighted by Gasteiger charge is -2.49. The first-order chi connectivity index (χ1) is 14.5. The number of likely N-dealkylation sites (tertiary alicyclic amines) is 1.